The summed E-state index contributed by atoms with van der Waals surface area (Å²) in [5.41, 5.74) is 1.90. The number of rotatable bonds is 12. The average Bonchev–Trinajstić information content (AvgIpc) is 3.36. The number of carbonyl (C=O) groups excluding carboxylic acids is 3. The molecule has 1 aliphatic heterocycles. The van der Waals surface area contributed by atoms with Crippen LogP contribution in [0.1, 0.15) is 62.5 Å². The largest absolute Gasteiger partial charge is 0.496 e. The van der Waals surface area contributed by atoms with Crippen molar-refractivity contribution in [3.63, 3.8) is 0 Å². The highest BCUT2D eigenvalue weighted by Crippen LogP contribution is 2.28. The summed E-state index contributed by atoms with van der Waals surface area (Å²) < 4.78 is 5.55. The van der Waals surface area contributed by atoms with Gasteiger partial charge in [0.05, 0.1) is 7.11 Å². The Kier molecular flexibility index (Phi) is 10.6. The zero-order valence-electron chi connectivity index (χ0n) is 22.9. The first-order chi connectivity index (χ1) is 19.0. The Morgan fingerprint density at radius 3 is 2.44 bits per heavy atom. The van der Waals surface area contributed by atoms with Crippen LogP contribution in [0.5, 0.6) is 5.75 Å². The molecule has 2 aliphatic rings. The fourth-order valence-electron chi connectivity index (χ4n) is 5.79. The van der Waals surface area contributed by atoms with E-state index >= 15 is 0 Å². The molecule has 4 rings (SSSR count). The smallest absolute Gasteiger partial charge is 0.244 e. The van der Waals surface area contributed by atoms with Gasteiger partial charge in [-0.2, -0.15) is 0 Å². The van der Waals surface area contributed by atoms with Crippen molar-refractivity contribution in [2.24, 2.45) is 11.8 Å². The number of ether oxygens (including phenoxy) is 1. The fourth-order valence-corrected chi connectivity index (χ4v) is 5.79. The van der Waals surface area contributed by atoms with Crippen LogP contribution in [0.3, 0.4) is 0 Å². The summed E-state index contributed by atoms with van der Waals surface area (Å²) >= 11 is 0. The molecule has 1 heterocycles. The van der Waals surface area contributed by atoms with Gasteiger partial charge in [0.15, 0.2) is 0 Å². The van der Waals surface area contributed by atoms with Crippen LogP contribution in [-0.4, -0.2) is 43.5 Å². The molecule has 1 saturated carbocycles. The Hall–Kier alpha value is -3.61. The Bertz CT molecular complexity index is 1130. The molecule has 2 aromatic rings. The molecular weight excluding hydrogens is 490 g/mol. The summed E-state index contributed by atoms with van der Waals surface area (Å²) in [6, 6.07) is 16.5. The number of amides is 3. The van der Waals surface area contributed by atoms with Gasteiger partial charge in [0.25, 0.3) is 0 Å². The van der Waals surface area contributed by atoms with Gasteiger partial charge in [0.1, 0.15) is 11.8 Å². The Morgan fingerprint density at radius 1 is 0.974 bits per heavy atom. The third-order valence-electron chi connectivity index (χ3n) is 7.89. The number of benzene rings is 2. The van der Waals surface area contributed by atoms with Crippen molar-refractivity contribution in [2.75, 3.05) is 13.7 Å². The second-order valence-corrected chi connectivity index (χ2v) is 10.8. The van der Waals surface area contributed by atoms with Crippen molar-refractivity contribution in [3.8, 4) is 5.75 Å². The minimum Gasteiger partial charge on any atom is -0.496 e. The number of nitrogens with one attached hydrogen (secondary N) is 3. The summed E-state index contributed by atoms with van der Waals surface area (Å²) in [5, 5.41) is 9.11. The first kappa shape index (κ1) is 28.4. The van der Waals surface area contributed by atoms with E-state index in [1.54, 1.807) is 13.2 Å². The molecule has 3 N–H and O–H groups in total. The van der Waals surface area contributed by atoms with Crippen molar-refractivity contribution >= 4 is 23.8 Å². The number of hydrogen-bond donors (Lipinski definition) is 3. The van der Waals surface area contributed by atoms with E-state index in [4.69, 9.17) is 4.74 Å². The van der Waals surface area contributed by atoms with Gasteiger partial charge in [0.2, 0.25) is 17.7 Å². The van der Waals surface area contributed by atoms with Gasteiger partial charge in [-0.15, -0.1) is 0 Å². The summed E-state index contributed by atoms with van der Waals surface area (Å²) in [5.74, 6) is 0.566. The van der Waals surface area contributed by atoms with E-state index < -0.39 is 6.04 Å². The number of para-hydroxylation sites is 1. The third-order valence-corrected chi connectivity index (χ3v) is 7.89. The van der Waals surface area contributed by atoms with Gasteiger partial charge in [0, 0.05) is 24.6 Å². The summed E-state index contributed by atoms with van der Waals surface area (Å²) in [7, 11) is 1.63. The first-order valence-corrected chi connectivity index (χ1v) is 14.3. The highest BCUT2D eigenvalue weighted by Gasteiger charge is 2.31. The van der Waals surface area contributed by atoms with Crippen molar-refractivity contribution < 1.29 is 19.1 Å². The van der Waals surface area contributed by atoms with E-state index in [0.717, 1.165) is 49.0 Å². The van der Waals surface area contributed by atoms with Crippen LogP contribution >= 0.6 is 0 Å². The summed E-state index contributed by atoms with van der Waals surface area (Å²) in [6.07, 6.45) is 11.4. The minimum absolute atomic E-state index is 0.0346. The lowest BCUT2D eigenvalue weighted by molar-refractivity contribution is -0.128. The highest BCUT2D eigenvalue weighted by molar-refractivity contribution is 5.95. The number of hydrogen-bond acceptors (Lipinski definition) is 4. The molecule has 0 bridgehead atoms. The molecule has 7 nitrogen and oxygen atoms in total. The average molecular weight is 532 g/mol. The zero-order chi connectivity index (χ0) is 27.5. The molecule has 1 aliphatic carbocycles. The molecule has 3 atom stereocenters. The lowest BCUT2D eigenvalue weighted by Gasteiger charge is -2.29. The van der Waals surface area contributed by atoms with Crippen molar-refractivity contribution in [2.45, 2.75) is 69.9 Å². The maximum atomic E-state index is 13.8. The lowest BCUT2D eigenvalue weighted by Crippen LogP contribution is -2.51. The molecule has 3 amide bonds. The molecule has 2 fully saturated rings. The summed E-state index contributed by atoms with van der Waals surface area (Å²) in [4.78, 5) is 39.1. The third kappa shape index (κ3) is 8.70. The van der Waals surface area contributed by atoms with Crippen molar-refractivity contribution in [1.82, 2.24) is 16.0 Å². The quantitative estimate of drug-likeness (QED) is 0.354. The molecule has 1 saturated heterocycles. The van der Waals surface area contributed by atoms with Gasteiger partial charge in [-0.3, -0.25) is 14.4 Å². The van der Waals surface area contributed by atoms with Crippen LogP contribution in [-0.2, 0) is 20.8 Å². The van der Waals surface area contributed by atoms with Gasteiger partial charge >= 0.3 is 0 Å². The fraction of sp³-hybridized carbons (Fsp3) is 0.469. The van der Waals surface area contributed by atoms with Gasteiger partial charge < -0.3 is 20.7 Å². The van der Waals surface area contributed by atoms with Gasteiger partial charge in [-0.25, -0.2) is 0 Å². The van der Waals surface area contributed by atoms with E-state index in [2.05, 4.69) is 16.0 Å². The van der Waals surface area contributed by atoms with Crippen LogP contribution in [0.4, 0.5) is 0 Å². The second-order valence-electron chi connectivity index (χ2n) is 10.8. The Labute approximate surface area is 231 Å². The van der Waals surface area contributed by atoms with Crippen molar-refractivity contribution in [3.05, 3.63) is 71.8 Å². The zero-order valence-corrected chi connectivity index (χ0v) is 22.9. The second kappa shape index (κ2) is 14.5. The van der Waals surface area contributed by atoms with E-state index in [-0.39, 0.29) is 29.7 Å². The van der Waals surface area contributed by atoms with Gasteiger partial charge in [-0.05, 0) is 54.9 Å². The van der Waals surface area contributed by atoms with Crippen LogP contribution in [0.15, 0.2) is 60.7 Å². The Morgan fingerprint density at radius 2 is 1.72 bits per heavy atom. The van der Waals surface area contributed by atoms with E-state index in [1.165, 1.54) is 12.5 Å². The van der Waals surface area contributed by atoms with Crippen molar-refractivity contribution in [1.29, 1.82) is 0 Å². The summed E-state index contributed by atoms with van der Waals surface area (Å²) in [6.45, 7) is 0.660. The monoisotopic (exact) mass is 531 g/mol. The van der Waals surface area contributed by atoms with Crippen LogP contribution in [0, 0.1) is 11.8 Å². The standard InChI is InChI=1S/C32H41N3O4/c1-39-29-15-9-8-14-25(29)21-27(22-26-18-19-33-31(26)37)34-32(38)28(20-24-12-6-3-7-13-24)35-30(36)17-16-23-10-4-2-5-11-23/h2,4-5,8-11,14-17,24,26-28H,3,6-7,12-13,18-22H2,1H3,(H,33,37)(H,34,38)(H,35,36)/t26-,27+,28-/m0/s1. The molecule has 0 unspecified atom stereocenters. The molecule has 2 aromatic carbocycles. The maximum Gasteiger partial charge on any atom is 0.244 e. The molecule has 0 radical (unpaired) electrons. The van der Waals surface area contributed by atoms with E-state index in [1.807, 2.05) is 54.6 Å². The normalized spacial score (nSPS) is 19.3. The molecular formula is C32H41N3O4. The van der Waals surface area contributed by atoms with Crippen LogP contribution in [0.25, 0.3) is 6.08 Å². The SMILES string of the molecule is COc1ccccc1C[C@H](C[C@@H]1CCNC1=O)NC(=O)[C@H](CC1CCCCC1)NC(=O)C=Cc1ccccc1. The van der Waals surface area contributed by atoms with E-state index in [0.29, 0.717) is 31.7 Å². The van der Waals surface area contributed by atoms with E-state index in [9.17, 15) is 14.4 Å². The number of methoxy groups -OCH3 is 1. The maximum absolute atomic E-state index is 13.8. The molecule has 208 valence electrons. The lowest BCUT2D eigenvalue weighted by atomic mass is 9.84. The van der Waals surface area contributed by atoms with Crippen LogP contribution < -0.4 is 20.7 Å². The number of carbonyl (C=O) groups is 3. The molecule has 0 aromatic heterocycles. The molecule has 7 heteroatoms. The molecule has 0 spiro atoms. The first-order valence-electron chi connectivity index (χ1n) is 14.3. The minimum atomic E-state index is -0.640. The Balaban J connectivity index is 1.49. The molecule has 39 heavy (non-hydrogen) atoms. The van der Waals surface area contributed by atoms with Crippen LogP contribution in [0.2, 0.25) is 0 Å². The highest BCUT2D eigenvalue weighted by atomic mass is 16.5. The predicted octanol–water partition coefficient (Wildman–Crippen LogP) is 4.42. The predicted molar refractivity (Wildman–Crippen MR) is 153 cm³/mol. The topological polar surface area (TPSA) is 96.5 Å². The van der Waals surface area contributed by atoms with Gasteiger partial charge in [-0.1, -0.05) is 80.6 Å².